The van der Waals surface area contributed by atoms with E-state index in [-0.39, 0.29) is 24.0 Å². The first kappa shape index (κ1) is 21.5. The molecule has 2 fully saturated rings. The summed E-state index contributed by atoms with van der Waals surface area (Å²) in [6, 6.07) is 0.0503. The first-order valence-corrected chi connectivity index (χ1v) is 11.1. The van der Waals surface area contributed by atoms with Crippen LogP contribution in [0.1, 0.15) is 78.6 Å². The number of hydrogen-bond acceptors (Lipinski definition) is 3. The highest BCUT2D eigenvalue weighted by Crippen LogP contribution is 2.25. The van der Waals surface area contributed by atoms with Gasteiger partial charge < -0.3 is 15.0 Å². The molecule has 0 aromatic heterocycles. The van der Waals surface area contributed by atoms with Gasteiger partial charge in [0, 0.05) is 29.9 Å². The minimum Gasteiger partial charge on any atom is -0.444 e. The number of carbonyl (C=O) groups is 2. The van der Waals surface area contributed by atoms with E-state index in [1.54, 1.807) is 4.90 Å². The Morgan fingerprint density at radius 3 is 2.38 bits per heavy atom. The molecule has 2 aliphatic rings. The summed E-state index contributed by atoms with van der Waals surface area (Å²) in [6.45, 7) is 6.82. The van der Waals surface area contributed by atoms with Crippen molar-refractivity contribution in [2.75, 3.05) is 13.1 Å². The molecule has 1 unspecified atom stereocenters. The van der Waals surface area contributed by atoms with E-state index in [2.05, 4.69) is 21.2 Å². The standard InChI is InChI=1S/C20H35BrN2O3/c1-20(2,3)26-19(25)23-13-12-17(14-23)22-18(24)15-8-5-4-6-10-16(21)11-7-9-15/h15-17H,4-14H2,1-3H3,(H,22,24)/t15-,16?,17-/m1/s1. The van der Waals surface area contributed by atoms with E-state index in [0.29, 0.717) is 17.9 Å². The van der Waals surface area contributed by atoms with E-state index in [1.165, 1.54) is 19.3 Å². The predicted octanol–water partition coefficient (Wildman–Crippen LogP) is 4.63. The van der Waals surface area contributed by atoms with E-state index in [0.717, 1.165) is 38.5 Å². The molecule has 1 saturated heterocycles. The highest BCUT2D eigenvalue weighted by molar-refractivity contribution is 9.09. The summed E-state index contributed by atoms with van der Waals surface area (Å²) in [6.07, 6.45) is 9.57. The van der Waals surface area contributed by atoms with Gasteiger partial charge in [0.25, 0.3) is 0 Å². The summed E-state index contributed by atoms with van der Waals surface area (Å²) in [7, 11) is 0. The number of hydrogen-bond donors (Lipinski definition) is 1. The molecule has 0 aromatic rings. The van der Waals surface area contributed by atoms with Crippen LogP contribution < -0.4 is 5.32 Å². The summed E-state index contributed by atoms with van der Waals surface area (Å²) in [5.74, 6) is 0.288. The molecule has 0 spiro atoms. The van der Waals surface area contributed by atoms with Crippen molar-refractivity contribution in [2.24, 2.45) is 5.92 Å². The third-order valence-electron chi connectivity index (χ3n) is 5.20. The third kappa shape index (κ3) is 7.45. The molecule has 1 N–H and O–H groups in total. The van der Waals surface area contributed by atoms with Crippen molar-refractivity contribution in [3.05, 3.63) is 0 Å². The van der Waals surface area contributed by atoms with Crippen LogP contribution in [0.15, 0.2) is 0 Å². The minimum atomic E-state index is -0.484. The quantitative estimate of drug-likeness (QED) is 0.649. The van der Waals surface area contributed by atoms with E-state index >= 15 is 0 Å². The zero-order valence-electron chi connectivity index (χ0n) is 16.6. The molecule has 26 heavy (non-hydrogen) atoms. The van der Waals surface area contributed by atoms with Gasteiger partial charge in [-0.3, -0.25) is 4.79 Å². The van der Waals surface area contributed by atoms with Crippen molar-refractivity contribution in [3.8, 4) is 0 Å². The fourth-order valence-corrected chi connectivity index (χ4v) is 4.41. The SMILES string of the molecule is CC(C)(C)OC(=O)N1CC[C@@H](NC(=O)[C@@H]2CCCCCC(Br)CCC2)C1. The first-order valence-electron chi connectivity index (χ1n) is 10.2. The van der Waals surface area contributed by atoms with Crippen LogP contribution in [0.3, 0.4) is 0 Å². The molecule has 1 aliphatic heterocycles. The summed E-state index contributed by atoms with van der Waals surface area (Å²) < 4.78 is 5.43. The molecule has 6 heteroatoms. The van der Waals surface area contributed by atoms with E-state index in [4.69, 9.17) is 4.74 Å². The molecule has 0 radical (unpaired) electrons. The van der Waals surface area contributed by atoms with Crippen molar-refractivity contribution in [1.82, 2.24) is 10.2 Å². The van der Waals surface area contributed by atoms with Crippen LogP contribution in [-0.4, -0.2) is 46.5 Å². The van der Waals surface area contributed by atoms with Gasteiger partial charge in [0.05, 0.1) is 0 Å². The zero-order valence-corrected chi connectivity index (χ0v) is 18.1. The van der Waals surface area contributed by atoms with E-state index in [1.807, 2.05) is 20.8 Å². The topological polar surface area (TPSA) is 58.6 Å². The Labute approximate surface area is 166 Å². The van der Waals surface area contributed by atoms with Gasteiger partial charge in [0.2, 0.25) is 5.91 Å². The molecular weight excluding hydrogens is 396 g/mol. The Hall–Kier alpha value is -0.780. The van der Waals surface area contributed by atoms with Crippen molar-refractivity contribution < 1.29 is 14.3 Å². The van der Waals surface area contributed by atoms with Crippen molar-refractivity contribution in [2.45, 2.75) is 95.0 Å². The monoisotopic (exact) mass is 430 g/mol. The number of nitrogens with zero attached hydrogens (tertiary/aromatic N) is 1. The number of likely N-dealkylation sites (tertiary alicyclic amines) is 1. The maximum absolute atomic E-state index is 12.7. The van der Waals surface area contributed by atoms with Gasteiger partial charge in [-0.25, -0.2) is 4.79 Å². The summed E-state index contributed by atoms with van der Waals surface area (Å²) in [5.41, 5.74) is -0.484. The van der Waals surface area contributed by atoms with Gasteiger partial charge in [0.15, 0.2) is 0 Å². The molecule has 1 aliphatic carbocycles. The lowest BCUT2D eigenvalue weighted by Crippen LogP contribution is -2.42. The molecular formula is C20H35BrN2O3. The first-order chi connectivity index (χ1) is 12.2. The maximum atomic E-state index is 12.7. The van der Waals surface area contributed by atoms with Gasteiger partial charge in [-0.1, -0.05) is 41.6 Å². The van der Waals surface area contributed by atoms with Gasteiger partial charge in [0.1, 0.15) is 5.60 Å². The van der Waals surface area contributed by atoms with Crippen LogP contribution >= 0.6 is 15.9 Å². The number of nitrogens with one attached hydrogen (secondary N) is 1. The molecule has 1 heterocycles. The molecule has 0 aromatic carbocycles. The molecule has 2 rings (SSSR count). The summed E-state index contributed by atoms with van der Waals surface area (Å²) in [5, 5.41) is 3.19. The Bertz CT molecular complexity index is 478. The number of carbonyl (C=O) groups excluding carboxylic acids is 2. The van der Waals surface area contributed by atoms with Crippen LogP contribution in [0.2, 0.25) is 0 Å². The van der Waals surface area contributed by atoms with Crippen LogP contribution in [0.4, 0.5) is 4.79 Å². The van der Waals surface area contributed by atoms with Crippen molar-refractivity contribution in [1.29, 1.82) is 0 Å². The molecule has 150 valence electrons. The Morgan fingerprint density at radius 1 is 1.00 bits per heavy atom. The fourth-order valence-electron chi connectivity index (χ4n) is 3.76. The number of amides is 2. The molecule has 3 atom stereocenters. The molecule has 0 bridgehead atoms. The minimum absolute atomic E-state index is 0.0503. The lowest BCUT2D eigenvalue weighted by atomic mass is 9.91. The molecule has 2 amide bonds. The van der Waals surface area contributed by atoms with Gasteiger partial charge in [-0.15, -0.1) is 0 Å². The highest BCUT2D eigenvalue weighted by atomic mass is 79.9. The van der Waals surface area contributed by atoms with E-state index in [9.17, 15) is 9.59 Å². The summed E-state index contributed by atoms with van der Waals surface area (Å²) >= 11 is 3.75. The smallest absolute Gasteiger partial charge is 0.410 e. The zero-order chi connectivity index (χ0) is 19.2. The van der Waals surface area contributed by atoms with Crippen molar-refractivity contribution in [3.63, 3.8) is 0 Å². The van der Waals surface area contributed by atoms with E-state index < -0.39 is 5.60 Å². The largest absolute Gasteiger partial charge is 0.444 e. The number of halogens is 1. The van der Waals surface area contributed by atoms with Crippen LogP contribution in [0.25, 0.3) is 0 Å². The second-order valence-electron chi connectivity index (χ2n) is 8.78. The molecule has 1 saturated carbocycles. The summed E-state index contributed by atoms with van der Waals surface area (Å²) in [4.78, 5) is 27.2. The Kier molecular flexibility index (Phi) is 8.24. The normalized spacial score (nSPS) is 28.5. The maximum Gasteiger partial charge on any atom is 0.410 e. The Morgan fingerprint density at radius 2 is 1.65 bits per heavy atom. The second-order valence-corrected chi connectivity index (χ2v) is 10.1. The lowest BCUT2D eigenvalue weighted by Gasteiger charge is -2.25. The van der Waals surface area contributed by atoms with Crippen molar-refractivity contribution >= 4 is 27.9 Å². The van der Waals surface area contributed by atoms with Gasteiger partial charge >= 0.3 is 6.09 Å². The average molecular weight is 431 g/mol. The van der Waals surface area contributed by atoms with Crippen LogP contribution in [0, 0.1) is 5.92 Å². The Balaban J connectivity index is 1.80. The lowest BCUT2D eigenvalue weighted by molar-refractivity contribution is -0.126. The fraction of sp³-hybridized carbons (Fsp3) is 0.900. The average Bonchev–Trinajstić information content (AvgIpc) is 3.00. The number of ether oxygens (including phenoxy) is 1. The highest BCUT2D eigenvalue weighted by Gasteiger charge is 2.31. The van der Waals surface area contributed by atoms with Gasteiger partial charge in [-0.2, -0.15) is 0 Å². The second kappa shape index (κ2) is 9.95. The van der Waals surface area contributed by atoms with Crippen LogP contribution in [0.5, 0.6) is 0 Å². The third-order valence-corrected chi connectivity index (χ3v) is 6.11. The number of rotatable bonds is 2. The predicted molar refractivity (Wildman–Crippen MR) is 107 cm³/mol. The van der Waals surface area contributed by atoms with Crippen LogP contribution in [-0.2, 0) is 9.53 Å². The number of alkyl halides is 1. The van der Waals surface area contributed by atoms with Gasteiger partial charge in [-0.05, 0) is 52.9 Å². The molecule has 5 nitrogen and oxygen atoms in total.